The average molecular weight is 631 g/mol. The van der Waals surface area contributed by atoms with Gasteiger partial charge in [0.1, 0.15) is 5.57 Å². The molecule has 0 amide bonds. The van der Waals surface area contributed by atoms with Crippen molar-refractivity contribution >= 4 is 67.1 Å². The van der Waals surface area contributed by atoms with Crippen LogP contribution in [0.15, 0.2) is 87.3 Å². The fourth-order valence-corrected chi connectivity index (χ4v) is 3.48. The van der Waals surface area contributed by atoms with Gasteiger partial charge in [-0.3, -0.25) is 19.7 Å². The molecule has 11 heteroatoms. The van der Waals surface area contributed by atoms with Gasteiger partial charge in [0.2, 0.25) is 0 Å². The lowest BCUT2D eigenvalue weighted by atomic mass is 10.1. The molecule has 0 aliphatic rings. The maximum atomic E-state index is 12.8. The van der Waals surface area contributed by atoms with Crippen molar-refractivity contribution in [2.75, 3.05) is 13.2 Å². The number of Topliss-reactive ketones (excluding diaryl/α,β-unsaturated/α-hetero) is 2. The summed E-state index contributed by atoms with van der Waals surface area (Å²) in [5.74, 6) is -3.43. The number of nitrogens with zero attached hydrogens (tertiary/aromatic N) is 1. The van der Waals surface area contributed by atoms with Crippen LogP contribution in [0, 0.1) is 10.1 Å². The van der Waals surface area contributed by atoms with E-state index in [-0.39, 0.29) is 22.4 Å². The predicted molar refractivity (Wildman–Crippen MR) is 140 cm³/mol. The van der Waals surface area contributed by atoms with Crippen molar-refractivity contribution in [3.8, 4) is 0 Å². The van der Waals surface area contributed by atoms with Crippen LogP contribution in [0.4, 0.5) is 5.69 Å². The Morgan fingerprint density at radius 2 is 1.22 bits per heavy atom. The third kappa shape index (κ3) is 8.02. The van der Waals surface area contributed by atoms with Crippen molar-refractivity contribution in [3.05, 3.63) is 114 Å². The zero-order valence-corrected chi connectivity index (χ0v) is 22.1. The molecule has 37 heavy (non-hydrogen) atoms. The highest BCUT2D eigenvalue weighted by molar-refractivity contribution is 9.10. The molecule has 0 spiro atoms. The maximum absolute atomic E-state index is 12.8. The SMILES string of the molecule is O=C(OCC(=O)c1ccc(Br)cc1)C(=Cc1cccc([N+](=O)[O-])c1)C(=O)OCC(=O)c1ccc(Br)cc1. The number of carbonyl (C=O) groups is 4. The first-order chi connectivity index (χ1) is 17.6. The number of hydrogen-bond donors (Lipinski definition) is 0. The van der Waals surface area contributed by atoms with Crippen molar-refractivity contribution < 1.29 is 33.6 Å². The third-order valence-electron chi connectivity index (χ3n) is 4.83. The van der Waals surface area contributed by atoms with Gasteiger partial charge in [0, 0.05) is 32.2 Å². The topological polar surface area (TPSA) is 130 Å². The molecule has 0 atom stereocenters. The van der Waals surface area contributed by atoms with Crippen molar-refractivity contribution in [1.82, 2.24) is 0 Å². The Labute approximate surface area is 227 Å². The number of benzene rings is 3. The van der Waals surface area contributed by atoms with Gasteiger partial charge in [-0.2, -0.15) is 0 Å². The molecule has 0 saturated heterocycles. The maximum Gasteiger partial charge on any atom is 0.346 e. The van der Waals surface area contributed by atoms with E-state index >= 15 is 0 Å². The van der Waals surface area contributed by atoms with E-state index < -0.39 is 47.2 Å². The molecule has 3 aromatic carbocycles. The number of carbonyl (C=O) groups excluding carboxylic acids is 4. The second kappa shape index (κ2) is 12.8. The van der Waals surface area contributed by atoms with Crippen LogP contribution in [0.5, 0.6) is 0 Å². The number of ether oxygens (including phenoxy) is 2. The Balaban J connectivity index is 1.78. The molecule has 0 unspecified atom stereocenters. The monoisotopic (exact) mass is 629 g/mol. The molecule has 0 radical (unpaired) electrons. The van der Waals surface area contributed by atoms with Gasteiger partial charge < -0.3 is 9.47 Å². The third-order valence-corrected chi connectivity index (χ3v) is 5.89. The highest BCUT2D eigenvalue weighted by Crippen LogP contribution is 2.18. The number of non-ortho nitro benzene ring substituents is 1. The zero-order valence-electron chi connectivity index (χ0n) is 18.9. The Kier molecular flexibility index (Phi) is 9.58. The second-order valence-electron chi connectivity index (χ2n) is 7.42. The minimum Gasteiger partial charge on any atom is -0.453 e. The smallest absolute Gasteiger partial charge is 0.346 e. The molecule has 0 N–H and O–H groups in total. The molecule has 0 saturated carbocycles. The quantitative estimate of drug-likeness (QED) is 0.0557. The summed E-state index contributed by atoms with van der Waals surface area (Å²) in [6.45, 7) is -1.34. The van der Waals surface area contributed by atoms with Crippen LogP contribution in [-0.2, 0) is 19.1 Å². The zero-order chi connectivity index (χ0) is 26.9. The molecule has 0 aliphatic carbocycles. The van der Waals surface area contributed by atoms with Crippen LogP contribution in [0.25, 0.3) is 6.08 Å². The lowest BCUT2D eigenvalue weighted by molar-refractivity contribution is -0.384. The van der Waals surface area contributed by atoms with E-state index in [1.807, 2.05) is 0 Å². The van der Waals surface area contributed by atoms with E-state index in [0.717, 1.165) is 21.1 Å². The minimum atomic E-state index is -1.20. The van der Waals surface area contributed by atoms with Gasteiger partial charge in [-0.1, -0.05) is 68.3 Å². The minimum absolute atomic E-state index is 0.136. The van der Waals surface area contributed by atoms with E-state index in [1.165, 1.54) is 42.5 Å². The number of esters is 2. The molecule has 3 aromatic rings. The van der Waals surface area contributed by atoms with Crippen LogP contribution in [0.2, 0.25) is 0 Å². The molecule has 3 rings (SSSR count). The van der Waals surface area contributed by atoms with Crippen LogP contribution in [0.3, 0.4) is 0 Å². The molecule has 9 nitrogen and oxygen atoms in total. The van der Waals surface area contributed by atoms with Gasteiger partial charge in [0.25, 0.3) is 5.69 Å². The molecular weight excluding hydrogens is 614 g/mol. The second-order valence-corrected chi connectivity index (χ2v) is 9.25. The van der Waals surface area contributed by atoms with Crippen LogP contribution >= 0.6 is 31.9 Å². The Morgan fingerprint density at radius 1 is 0.757 bits per heavy atom. The van der Waals surface area contributed by atoms with E-state index in [0.29, 0.717) is 0 Å². The lowest BCUT2D eigenvalue weighted by Crippen LogP contribution is -2.23. The van der Waals surface area contributed by atoms with E-state index in [4.69, 9.17) is 9.47 Å². The lowest BCUT2D eigenvalue weighted by Gasteiger charge is -2.09. The molecular formula is C26H17Br2NO8. The van der Waals surface area contributed by atoms with Crippen molar-refractivity contribution in [3.63, 3.8) is 0 Å². The highest BCUT2D eigenvalue weighted by Gasteiger charge is 2.24. The average Bonchev–Trinajstić information content (AvgIpc) is 2.89. The Bertz CT molecular complexity index is 1310. The number of hydrogen-bond acceptors (Lipinski definition) is 8. The van der Waals surface area contributed by atoms with Crippen molar-refractivity contribution in [1.29, 1.82) is 0 Å². The van der Waals surface area contributed by atoms with Crippen LogP contribution in [-0.4, -0.2) is 41.6 Å². The first-order valence-electron chi connectivity index (χ1n) is 10.5. The van der Waals surface area contributed by atoms with Crippen molar-refractivity contribution in [2.45, 2.75) is 0 Å². The molecule has 0 bridgehead atoms. The number of halogens is 2. The Hall–Kier alpha value is -3.96. The van der Waals surface area contributed by atoms with Crippen LogP contribution in [0.1, 0.15) is 26.3 Å². The Morgan fingerprint density at radius 3 is 1.65 bits per heavy atom. The van der Waals surface area contributed by atoms with Gasteiger partial charge in [-0.05, 0) is 35.9 Å². The van der Waals surface area contributed by atoms with Gasteiger partial charge >= 0.3 is 11.9 Å². The van der Waals surface area contributed by atoms with Crippen molar-refractivity contribution in [2.24, 2.45) is 0 Å². The van der Waals surface area contributed by atoms with Gasteiger partial charge in [0.05, 0.1) is 4.92 Å². The summed E-state index contributed by atoms with van der Waals surface area (Å²) in [5.41, 5.74) is -0.222. The largest absolute Gasteiger partial charge is 0.453 e. The van der Waals surface area contributed by atoms with Crippen LogP contribution < -0.4 is 0 Å². The van der Waals surface area contributed by atoms with E-state index in [9.17, 15) is 29.3 Å². The number of nitro groups is 1. The number of rotatable bonds is 10. The van der Waals surface area contributed by atoms with Gasteiger partial charge in [-0.25, -0.2) is 9.59 Å². The number of nitro benzene ring substituents is 1. The summed E-state index contributed by atoms with van der Waals surface area (Å²) in [5, 5.41) is 11.1. The first-order valence-corrected chi connectivity index (χ1v) is 12.1. The molecule has 0 fully saturated rings. The standard InChI is InChI=1S/C26H17Br2NO8/c27-19-8-4-17(5-9-19)23(30)14-36-25(32)22(13-16-2-1-3-21(12-16)29(34)35)26(33)37-15-24(31)18-6-10-20(28)11-7-18/h1-13H,14-15H2. The number of ketones is 2. The van der Waals surface area contributed by atoms with E-state index in [2.05, 4.69) is 31.9 Å². The summed E-state index contributed by atoms with van der Waals surface area (Å²) < 4.78 is 11.6. The van der Waals surface area contributed by atoms with Gasteiger partial charge in [0.15, 0.2) is 24.8 Å². The summed E-state index contributed by atoms with van der Waals surface area (Å²) in [4.78, 5) is 60.8. The highest BCUT2D eigenvalue weighted by atomic mass is 79.9. The van der Waals surface area contributed by atoms with Gasteiger partial charge in [-0.15, -0.1) is 0 Å². The summed E-state index contributed by atoms with van der Waals surface area (Å²) in [7, 11) is 0. The predicted octanol–water partition coefficient (Wildman–Crippen LogP) is 5.36. The normalized spacial score (nSPS) is 10.2. The molecule has 0 aromatic heterocycles. The molecule has 0 aliphatic heterocycles. The summed E-state index contributed by atoms with van der Waals surface area (Å²) >= 11 is 6.51. The molecule has 0 heterocycles. The summed E-state index contributed by atoms with van der Waals surface area (Å²) in [6.07, 6.45) is 1.03. The fraction of sp³-hybridized carbons (Fsp3) is 0.0769. The first kappa shape index (κ1) is 27.6. The molecule has 188 valence electrons. The fourth-order valence-electron chi connectivity index (χ4n) is 2.95. The van der Waals surface area contributed by atoms with E-state index in [1.54, 1.807) is 24.3 Å². The summed E-state index contributed by atoms with van der Waals surface area (Å²) in [6, 6.07) is 17.9.